The lowest BCUT2D eigenvalue weighted by Crippen LogP contribution is -2.41. The van der Waals surface area contributed by atoms with Gasteiger partial charge in [0.2, 0.25) is 5.91 Å². The van der Waals surface area contributed by atoms with Crippen LogP contribution in [0.4, 0.5) is 11.4 Å². The molecule has 1 heterocycles. The first-order valence-electron chi connectivity index (χ1n) is 5.92. The topological polar surface area (TPSA) is 75.5 Å². The smallest absolute Gasteiger partial charge is 0.293 e. The fourth-order valence-electron chi connectivity index (χ4n) is 2.06. The minimum Gasteiger partial charge on any atom is -0.376 e. The fourth-order valence-corrected chi connectivity index (χ4v) is 2.41. The highest BCUT2D eigenvalue weighted by Gasteiger charge is 2.25. The Morgan fingerprint density at radius 2 is 2.26 bits per heavy atom. The van der Waals surface area contributed by atoms with E-state index in [1.807, 2.05) is 0 Å². The van der Waals surface area contributed by atoms with E-state index in [9.17, 15) is 14.9 Å². The number of rotatable bonds is 3. The van der Waals surface area contributed by atoms with E-state index in [0.29, 0.717) is 23.1 Å². The Morgan fingerprint density at radius 1 is 1.53 bits per heavy atom. The summed E-state index contributed by atoms with van der Waals surface area (Å²) in [6.07, 6.45) is 1.15. The van der Waals surface area contributed by atoms with Crippen LogP contribution in [0.15, 0.2) is 22.7 Å². The number of carbonyl (C=O) groups excluding carboxylic acids is 1. The molecule has 1 fully saturated rings. The molecule has 1 unspecified atom stereocenters. The van der Waals surface area contributed by atoms with Crippen LogP contribution in [-0.4, -0.2) is 35.4 Å². The Labute approximate surface area is 119 Å². The zero-order valence-corrected chi connectivity index (χ0v) is 12.0. The lowest BCUT2D eigenvalue weighted by Gasteiger charge is -2.29. The maximum Gasteiger partial charge on any atom is 0.293 e. The minimum absolute atomic E-state index is 0.0146. The molecule has 1 amide bonds. The number of piperidine rings is 1. The monoisotopic (exact) mass is 327 g/mol. The lowest BCUT2D eigenvalue weighted by atomic mass is 10.0. The second-order valence-corrected chi connectivity index (χ2v) is 5.48. The number of amides is 1. The first kappa shape index (κ1) is 13.8. The second-order valence-electron chi connectivity index (χ2n) is 4.57. The Bertz CT molecular complexity index is 521. The molecule has 0 spiro atoms. The van der Waals surface area contributed by atoms with Crippen LogP contribution in [0, 0.1) is 10.1 Å². The van der Waals surface area contributed by atoms with Crippen LogP contribution in [0.25, 0.3) is 0 Å². The third kappa shape index (κ3) is 3.23. The van der Waals surface area contributed by atoms with Gasteiger partial charge in [0, 0.05) is 36.6 Å². The van der Waals surface area contributed by atoms with Crippen molar-refractivity contribution < 1.29 is 9.72 Å². The van der Waals surface area contributed by atoms with Crippen LogP contribution < -0.4 is 5.32 Å². The number of likely N-dealkylation sites (tertiary alicyclic amines) is 1. The zero-order chi connectivity index (χ0) is 14.0. The van der Waals surface area contributed by atoms with Gasteiger partial charge in [0.1, 0.15) is 5.69 Å². The van der Waals surface area contributed by atoms with Gasteiger partial charge >= 0.3 is 0 Å². The van der Waals surface area contributed by atoms with E-state index in [1.54, 1.807) is 24.1 Å². The van der Waals surface area contributed by atoms with Crippen molar-refractivity contribution in [3.05, 3.63) is 32.8 Å². The number of hydrogen-bond acceptors (Lipinski definition) is 4. The number of nitrogens with zero attached hydrogens (tertiary/aromatic N) is 2. The first-order chi connectivity index (χ1) is 8.97. The van der Waals surface area contributed by atoms with Crippen molar-refractivity contribution in [2.75, 3.05) is 18.9 Å². The molecule has 1 atom stereocenters. The van der Waals surface area contributed by atoms with Crippen LogP contribution in [0.2, 0.25) is 0 Å². The van der Waals surface area contributed by atoms with Crippen LogP contribution in [0.1, 0.15) is 12.8 Å². The molecule has 19 heavy (non-hydrogen) atoms. The Hall–Kier alpha value is -1.63. The van der Waals surface area contributed by atoms with Gasteiger partial charge in [0.15, 0.2) is 0 Å². The molecule has 1 aliphatic rings. The molecule has 1 aromatic carbocycles. The van der Waals surface area contributed by atoms with Crippen LogP contribution in [0.3, 0.4) is 0 Å². The van der Waals surface area contributed by atoms with E-state index in [2.05, 4.69) is 21.2 Å². The average molecular weight is 328 g/mol. The van der Waals surface area contributed by atoms with E-state index in [-0.39, 0.29) is 17.6 Å². The predicted octanol–water partition coefficient (Wildman–Crippen LogP) is 2.39. The molecular formula is C12H14BrN3O3. The molecule has 0 aromatic heterocycles. The van der Waals surface area contributed by atoms with Gasteiger partial charge in [-0.15, -0.1) is 0 Å². The zero-order valence-electron chi connectivity index (χ0n) is 10.4. The third-order valence-corrected chi connectivity index (χ3v) is 3.67. The molecule has 102 valence electrons. The number of nitro benzene ring substituents is 1. The normalized spacial score (nSPS) is 19.4. The van der Waals surface area contributed by atoms with Crippen molar-refractivity contribution in [3.63, 3.8) is 0 Å². The maximum absolute atomic E-state index is 11.6. The van der Waals surface area contributed by atoms with Gasteiger partial charge in [-0.1, -0.05) is 15.9 Å². The van der Waals surface area contributed by atoms with Gasteiger partial charge in [0.25, 0.3) is 5.69 Å². The molecule has 1 aromatic rings. The van der Waals surface area contributed by atoms with Gasteiger partial charge in [-0.05, 0) is 18.6 Å². The van der Waals surface area contributed by atoms with Crippen molar-refractivity contribution in [3.8, 4) is 0 Å². The average Bonchev–Trinajstić information content (AvgIpc) is 2.36. The van der Waals surface area contributed by atoms with E-state index < -0.39 is 4.92 Å². The van der Waals surface area contributed by atoms with Gasteiger partial charge in [-0.25, -0.2) is 0 Å². The maximum atomic E-state index is 11.6. The van der Waals surface area contributed by atoms with Gasteiger partial charge in [-0.2, -0.15) is 0 Å². The molecule has 0 radical (unpaired) electrons. The van der Waals surface area contributed by atoms with Crippen molar-refractivity contribution in [1.82, 2.24) is 4.90 Å². The number of halogens is 1. The number of nitrogens with one attached hydrogen (secondary N) is 1. The van der Waals surface area contributed by atoms with Gasteiger partial charge < -0.3 is 10.2 Å². The summed E-state index contributed by atoms with van der Waals surface area (Å²) in [5, 5.41) is 14.1. The molecule has 1 aliphatic heterocycles. The summed E-state index contributed by atoms with van der Waals surface area (Å²) in [5.74, 6) is 0.0588. The molecule has 1 N–H and O–H groups in total. The Kier molecular flexibility index (Phi) is 4.04. The highest BCUT2D eigenvalue weighted by Crippen LogP contribution is 2.29. The summed E-state index contributed by atoms with van der Waals surface area (Å²) in [6.45, 7) is 0.667. The predicted molar refractivity (Wildman–Crippen MR) is 75.1 cm³/mol. The molecule has 0 bridgehead atoms. The number of carbonyl (C=O) groups is 1. The minimum atomic E-state index is -0.427. The molecular weight excluding hydrogens is 314 g/mol. The summed E-state index contributed by atoms with van der Waals surface area (Å²) in [4.78, 5) is 23.9. The third-order valence-electron chi connectivity index (χ3n) is 3.18. The molecule has 0 saturated carbocycles. The van der Waals surface area contributed by atoms with Crippen molar-refractivity contribution in [2.45, 2.75) is 18.9 Å². The molecule has 0 aliphatic carbocycles. The molecule has 7 heteroatoms. The summed E-state index contributed by atoms with van der Waals surface area (Å²) in [7, 11) is 1.76. The van der Waals surface area contributed by atoms with Crippen molar-refractivity contribution >= 4 is 33.2 Å². The van der Waals surface area contributed by atoms with Crippen molar-refractivity contribution in [1.29, 1.82) is 0 Å². The summed E-state index contributed by atoms with van der Waals surface area (Å²) < 4.78 is 0.657. The van der Waals surface area contributed by atoms with Crippen LogP contribution >= 0.6 is 15.9 Å². The second kappa shape index (κ2) is 5.56. The summed E-state index contributed by atoms with van der Waals surface area (Å²) in [6, 6.07) is 4.81. The SMILES string of the molecule is CN1CCC(Nc2ccc(Br)cc2[N+](=O)[O-])CC1=O. The first-order valence-corrected chi connectivity index (χ1v) is 6.71. The number of hydrogen-bond donors (Lipinski definition) is 1. The highest BCUT2D eigenvalue weighted by molar-refractivity contribution is 9.10. The quantitative estimate of drug-likeness (QED) is 0.683. The molecule has 1 saturated heterocycles. The van der Waals surface area contributed by atoms with E-state index >= 15 is 0 Å². The molecule has 6 nitrogen and oxygen atoms in total. The lowest BCUT2D eigenvalue weighted by molar-refractivity contribution is -0.384. The van der Waals surface area contributed by atoms with Gasteiger partial charge in [0.05, 0.1) is 4.92 Å². The number of nitro groups is 1. The van der Waals surface area contributed by atoms with E-state index in [1.165, 1.54) is 6.07 Å². The Morgan fingerprint density at radius 3 is 2.89 bits per heavy atom. The summed E-state index contributed by atoms with van der Waals surface area (Å²) in [5.41, 5.74) is 0.469. The van der Waals surface area contributed by atoms with Crippen LogP contribution in [0.5, 0.6) is 0 Å². The number of benzene rings is 1. The number of anilines is 1. The van der Waals surface area contributed by atoms with E-state index in [4.69, 9.17) is 0 Å². The van der Waals surface area contributed by atoms with E-state index in [0.717, 1.165) is 6.42 Å². The van der Waals surface area contributed by atoms with Crippen molar-refractivity contribution in [2.24, 2.45) is 0 Å². The van der Waals surface area contributed by atoms with Gasteiger partial charge in [-0.3, -0.25) is 14.9 Å². The molecule has 2 rings (SSSR count). The largest absolute Gasteiger partial charge is 0.376 e. The van der Waals surface area contributed by atoms with Crippen LogP contribution in [-0.2, 0) is 4.79 Å². The standard InChI is InChI=1S/C12H14BrN3O3/c1-15-5-4-9(7-12(15)17)14-10-3-2-8(13)6-11(10)16(18)19/h2-3,6,9,14H,4-5,7H2,1H3. The highest BCUT2D eigenvalue weighted by atomic mass is 79.9. The Balaban J connectivity index is 2.15. The fraction of sp³-hybridized carbons (Fsp3) is 0.417. The summed E-state index contributed by atoms with van der Waals surface area (Å²) >= 11 is 3.21.